The van der Waals surface area contributed by atoms with Gasteiger partial charge in [-0.2, -0.15) is 0 Å². The molecule has 0 spiro atoms. The maximum Gasteiger partial charge on any atom is 0.328 e. The molecule has 4 unspecified atom stereocenters. The average molecular weight is 512 g/mol. The van der Waals surface area contributed by atoms with Gasteiger partial charge in [0.25, 0.3) is 0 Å². The van der Waals surface area contributed by atoms with Crippen molar-refractivity contribution in [2.75, 3.05) is 6.61 Å². The van der Waals surface area contributed by atoms with Crippen LogP contribution in [0.5, 0.6) is 5.75 Å². The van der Waals surface area contributed by atoms with Crippen molar-refractivity contribution in [1.29, 1.82) is 0 Å². The Morgan fingerprint density at radius 1 is 0.778 bits per heavy atom. The van der Waals surface area contributed by atoms with Gasteiger partial charge in [0, 0.05) is 12.8 Å². The Labute approximate surface area is 204 Å². The van der Waals surface area contributed by atoms with E-state index in [4.69, 9.17) is 21.1 Å². The first-order chi connectivity index (χ1) is 16.8. The van der Waals surface area contributed by atoms with Gasteiger partial charge in [0.05, 0.1) is 19.1 Å². The van der Waals surface area contributed by atoms with Crippen LogP contribution >= 0.6 is 0 Å². The predicted octanol–water partition coefficient (Wildman–Crippen LogP) is -2.87. The number of hydrogen-bond donors (Lipinski definition) is 9. The number of phenolic OH excluding ortho intramolecular Hbond substituents is 1. The van der Waals surface area contributed by atoms with E-state index in [-0.39, 0.29) is 12.2 Å². The number of carboxylic acid groups (broad SMARTS) is 3. The van der Waals surface area contributed by atoms with Gasteiger partial charge in [-0.3, -0.25) is 24.0 Å². The highest BCUT2D eigenvalue weighted by atomic mass is 16.4. The minimum absolute atomic E-state index is 0.0795. The van der Waals surface area contributed by atoms with Gasteiger partial charge in [0.1, 0.15) is 23.9 Å². The van der Waals surface area contributed by atoms with Gasteiger partial charge >= 0.3 is 17.9 Å². The molecule has 0 aromatic heterocycles. The number of nitrogens with two attached hydrogens (primary N) is 1. The van der Waals surface area contributed by atoms with Gasteiger partial charge in [0.2, 0.25) is 17.7 Å². The Balaban J connectivity index is 3.14. The summed E-state index contributed by atoms with van der Waals surface area (Å²) >= 11 is 0. The maximum absolute atomic E-state index is 12.9. The van der Waals surface area contributed by atoms with Crippen LogP contribution < -0.4 is 21.7 Å². The van der Waals surface area contributed by atoms with E-state index in [1.807, 2.05) is 0 Å². The van der Waals surface area contributed by atoms with E-state index < -0.39 is 85.7 Å². The number of hydrogen-bond acceptors (Lipinski definition) is 9. The molecule has 15 heteroatoms. The number of phenols is 1. The number of carbonyl (C=O) groups excluding carboxylic acids is 3. The van der Waals surface area contributed by atoms with E-state index in [0.717, 1.165) is 0 Å². The number of amides is 3. The molecule has 4 atom stereocenters. The van der Waals surface area contributed by atoms with Crippen LogP contribution in [0.4, 0.5) is 0 Å². The Kier molecular flexibility index (Phi) is 11.8. The molecule has 3 amide bonds. The summed E-state index contributed by atoms with van der Waals surface area (Å²) in [7, 11) is 0. The number of rotatable bonds is 15. The van der Waals surface area contributed by atoms with E-state index in [0.29, 0.717) is 5.56 Å². The minimum Gasteiger partial charge on any atom is -0.508 e. The molecule has 0 radical (unpaired) electrons. The molecule has 0 saturated carbocycles. The monoisotopic (exact) mass is 512 g/mol. The van der Waals surface area contributed by atoms with E-state index in [1.54, 1.807) is 0 Å². The van der Waals surface area contributed by atoms with Crippen LogP contribution in [0.1, 0.15) is 24.8 Å². The number of carbonyl (C=O) groups is 6. The molecule has 0 aliphatic carbocycles. The molecular formula is C21H28N4O11. The van der Waals surface area contributed by atoms with Gasteiger partial charge in [-0.15, -0.1) is 0 Å². The largest absolute Gasteiger partial charge is 0.508 e. The topological polar surface area (TPSA) is 266 Å². The predicted molar refractivity (Wildman–Crippen MR) is 119 cm³/mol. The highest BCUT2D eigenvalue weighted by molar-refractivity contribution is 5.95. The maximum atomic E-state index is 12.9. The molecule has 1 rings (SSSR count). The summed E-state index contributed by atoms with van der Waals surface area (Å²) in [4.78, 5) is 70.9. The fourth-order valence-corrected chi connectivity index (χ4v) is 2.90. The normalized spacial score (nSPS) is 13.9. The number of benzene rings is 1. The molecule has 36 heavy (non-hydrogen) atoms. The van der Waals surface area contributed by atoms with Crippen LogP contribution in [0, 0.1) is 0 Å². The van der Waals surface area contributed by atoms with E-state index in [9.17, 15) is 39.0 Å². The summed E-state index contributed by atoms with van der Waals surface area (Å²) in [6.45, 7) is -0.945. The van der Waals surface area contributed by atoms with Gasteiger partial charge in [0.15, 0.2) is 0 Å². The Bertz CT molecular complexity index is 967. The first kappa shape index (κ1) is 29.8. The highest BCUT2D eigenvalue weighted by Crippen LogP contribution is 2.12. The summed E-state index contributed by atoms with van der Waals surface area (Å²) in [5, 5.41) is 52.0. The third-order valence-electron chi connectivity index (χ3n) is 4.82. The quantitative estimate of drug-likeness (QED) is 0.115. The lowest BCUT2D eigenvalue weighted by atomic mass is 10.0. The van der Waals surface area contributed by atoms with Crippen molar-refractivity contribution in [2.45, 2.75) is 49.9 Å². The van der Waals surface area contributed by atoms with Crippen molar-refractivity contribution in [3.05, 3.63) is 29.8 Å². The minimum atomic E-state index is -1.69. The second-order valence-corrected chi connectivity index (χ2v) is 7.71. The van der Waals surface area contributed by atoms with Gasteiger partial charge in [-0.1, -0.05) is 12.1 Å². The highest BCUT2D eigenvalue weighted by Gasteiger charge is 2.31. The number of carboxylic acids is 3. The van der Waals surface area contributed by atoms with Crippen LogP contribution in [0.3, 0.4) is 0 Å². The molecule has 1 aromatic rings. The molecule has 198 valence electrons. The summed E-state index contributed by atoms with van der Waals surface area (Å²) in [5.41, 5.74) is 5.91. The van der Waals surface area contributed by atoms with Crippen LogP contribution in [-0.2, 0) is 35.2 Å². The van der Waals surface area contributed by atoms with Crippen molar-refractivity contribution >= 4 is 35.6 Å². The van der Waals surface area contributed by atoms with E-state index >= 15 is 0 Å². The van der Waals surface area contributed by atoms with Crippen LogP contribution in [-0.4, -0.2) is 91.9 Å². The van der Waals surface area contributed by atoms with Crippen molar-refractivity contribution in [2.24, 2.45) is 5.73 Å². The number of aliphatic hydroxyl groups excluding tert-OH is 1. The molecule has 0 bridgehead atoms. The van der Waals surface area contributed by atoms with Gasteiger partial charge in [-0.25, -0.2) is 4.79 Å². The number of aliphatic hydroxyl groups is 1. The zero-order valence-corrected chi connectivity index (χ0v) is 18.9. The zero-order chi connectivity index (χ0) is 27.4. The average Bonchev–Trinajstić information content (AvgIpc) is 2.79. The van der Waals surface area contributed by atoms with Crippen molar-refractivity contribution in [3.63, 3.8) is 0 Å². The van der Waals surface area contributed by atoms with E-state index in [1.165, 1.54) is 24.3 Å². The summed E-state index contributed by atoms with van der Waals surface area (Å²) in [6.07, 6.45) is -1.99. The van der Waals surface area contributed by atoms with E-state index in [2.05, 4.69) is 16.0 Å². The summed E-state index contributed by atoms with van der Waals surface area (Å²) in [6, 6.07) is -0.746. The Morgan fingerprint density at radius 2 is 1.31 bits per heavy atom. The standard InChI is InChI=1S/C21H28N4O11/c22-12(8-17(30)31)18(32)23-13(5-6-16(28)29)19(33)24-14(7-10-1-3-11(27)4-2-10)20(34)25-15(9-26)21(35)36/h1-4,12-15,26-27H,5-9,22H2,(H,23,32)(H,24,33)(H,25,34)(H,28,29)(H,30,31)(H,35,36). The SMILES string of the molecule is NC(CC(=O)O)C(=O)NC(CCC(=O)O)C(=O)NC(Cc1ccc(O)cc1)C(=O)NC(CO)C(=O)O. The Hall–Kier alpha value is -4.24. The molecule has 1 aromatic carbocycles. The molecule has 0 heterocycles. The van der Waals surface area contributed by atoms with Crippen LogP contribution in [0.2, 0.25) is 0 Å². The first-order valence-corrected chi connectivity index (χ1v) is 10.6. The van der Waals surface area contributed by atoms with Gasteiger partial charge in [-0.05, 0) is 24.1 Å². The Morgan fingerprint density at radius 3 is 1.81 bits per heavy atom. The third-order valence-corrected chi connectivity index (χ3v) is 4.82. The van der Waals surface area contributed by atoms with Gasteiger partial charge < -0.3 is 47.2 Å². The first-order valence-electron chi connectivity index (χ1n) is 10.6. The molecule has 0 saturated heterocycles. The smallest absolute Gasteiger partial charge is 0.328 e. The lowest BCUT2D eigenvalue weighted by molar-refractivity contribution is -0.143. The second kappa shape index (κ2) is 14.2. The molecule has 10 N–H and O–H groups in total. The summed E-state index contributed by atoms with van der Waals surface area (Å²) < 4.78 is 0. The third kappa shape index (κ3) is 10.4. The number of nitrogens with one attached hydrogen (secondary N) is 3. The zero-order valence-electron chi connectivity index (χ0n) is 18.9. The molecule has 0 aliphatic rings. The molecule has 15 nitrogen and oxygen atoms in total. The fraction of sp³-hybridized carbons (Fsp3) is 0.429. The van der Waals surface area contributed by atoms with Crippen LogP contribution in [0.25, 0.3) is 0 Å². The lowest BCUT2D eigenvalue weighted by Gasteiger charge is -2.25. The van der Waals surface area contributed by atoms with Crippen molar-refractivity contribution < 1.29 is 54.3 Å². The van der Waals surface area contributed by atoms with Crippen LogP contribution in [0.15, 0.2) is 24.3 Å². The number of aliphatic carboxylic acids is 3. The fourth-order valence-electron chi connectivity index (χ4n) is 2.90. The molecular weight excluding hydrogens is 484 g/mol. The van der Waals surface area contributed by atoms with Crippen molar-refractivity contribution in [3.8, 4) is 5.75 Å². The molecule has 0 fully saturated rings. The number of aromatic hydroxyl groups is 1. The summed E-state index contributed by atoms with van der Waals surface area (Å²) in [5.74, 6) is -7.39. The second-order valence-electron chi connectivity index (χ2n) is 7.71. The lowest BCUT2D eigenvalue weighted by Crippen LogP contribution is -2.58. The van der Waals surface area contributed by atoms with Crippen molar-refractivity contribution in [1.82, 2.24) is 16.0 Å². The molecule has 0 aliphatic heterocycles.